The molecule has 1 aromatic heterocycles. The highest BCUT2D eigenvalue weighted by molar-refractivity contribution is 7.98. The first kappa shape index (κ1) is 20.0. The number of rotatable bonds is 10. The maximum atomic E-state index is 8.63. The van der Waals surface area contributed by atoms with Crippen molar-refractivity contribution in [3.8, 4) is 18.5 Å². The Balaban J connectivity index is 2.24. The molecule has 0 saturated heterocycles. The van der Waals surface area contributed by atoms with E-state index < -0.39 is 0 Å². The van der Waals surface area contributed by atoms with E-state index in [4.69, 9.17) is 16.1 Å². The summed E-state index contributed by atoms with van der Waals surface area (Å²) in [5.41, 5.74) is 0. The van der Waals surface area contributed by atoms with Gasteiger partial charge in [-0.2, -0.15) is 17.0 Å². The Kier molecular flexibility index (Phi) is 10.3. The van der Waals surface area contributed by atoms with Crippen LogP contribution in [0.3, 0.4) is 0 Å². The first-order valence-electron chi connectivity index (χ1n) is 7.82. The lowest BCUT2D eigenvalue weighted by molar-refractivity contribution is 0.387. The Morgan fingerprint density at radius 2 is 2.21 bits per heavy atom. The largest absolute Gasteiger partial charge is 0.465 e. The fourth-order valence-corrected chi connectivity index (χ4v) is 2.65. The van der Waals surface area contributed by atoms with Crippen molar-refractivity contribution in [1.29, 1.82) is 5.26 Å². The number of nitriles is 1. The number of thioether (sulfide) groups is 1. The Hall–Kier alpha value is -2.09. The van der Waals surface area contributed by atoms with Crippen LogP contribution in [0, 0.1) is 23.8 Å². The van der Waals surface area contributed by atoms with Gasteiger partial charge in [0.1, 0.15) is 11.5 Å². The molecule has 7 heteroatoms. The quantitative estimate of drug-likeness (QED) is 0.167. The lowest BCUT2D eigenvalue weighted by atomic mass is 10.2. The fourth-order valence-electron chi connectivity index (χ4n) is 1.93. The predicted octanol–water partition coefficient (Wildman–Crippen LogP) is 1.66. The van der Waals surface area contributed by atoms with Gasteiger partial charge in [-0.1, -0.05) is 5.92 Å². The summed E-state index contributed by atoms with van der Waals surface area (Å²) in [6.45, 7) is 2.00. The fraction of sp³-hybridized carbons (Fsp3) is 0.529. The average molecular weight is 347 g/mol. The van der Waals surface area contributed by atoms with Crippen molar-refractivity contribution in [2.24, 2.45) is 4.99 Å². The van der Waals surface area contributed by atoms with E-state index in [1.54, 1.807) is 11.8 Å². The molecule has 0 aliphatic carbocycles. The van der Waals surface area contributed by atoms with Gasteiger partial charge in [-0.15, -0.1) is 6.42 Å². The molecular formula is C17H25N5OS. The lowest BCUT2D eigenvalue weighted by Crippen LogP contribution is -2.34. The number of guanidine groups is 1. The first-order chi connectivity index (χ1) is 11.7. The third kappa shape index (κ3) is 9.14. The smallest absolute Gasteiger partial charge is 0.205 e. The second-order valence-electron chi connectivity index (χ2n) is 5.35. The van der Waals surface area contributed by atoms with Gasteiger partial charge in [0.2, 0.25) is 5.96 Å². The molecule has 1 rings (SSSR count). The lowest BCUT2D eigenvalue weighted by Gasteiger charge is -2.07. The standard InChI is InChI=1S/C17H25N5OS/c1-4-9-19-17(21-14-18)20-10-12-24-13-16-8-7-15(23-16)6-5-11-22(2)3/h1,7-8H,5-6,9-13H2,2-3H3,(H2,19,20,21). The summed E-state index contributed by atoms with van der Waals surface area (Å²) < 4.78 is 5.82. The van der Waals surface area contributed by atoms with Gasteiger partial charge in [0, 0.05) is 12.2 Å². The number of terminal acetylenes is 1. The predicted molar refractivity (Wildman–Crippen MR) is 99.6 cm³/mol. The van der Waals surface area contributed by atoms with Crippen LogP contribution in [0.5, 0.6) is 0 Å². The Morgan fingerprint density at radius 1 is 1.42 bits per heavy atom. The Bertz CT molecular complexity index is 583. The molecule has 0 fully saturated rings. The van der Waals surface area contributed by atoms with Gasteiger partial charge in [-0.05, 0) is 39.2 Å². The molecule has 0 saturated carbocycles. The van der Waals surface area contributed by atoms with Crippen LogP contribution < -0.4 is 10.6 Å². The van der Waals surface area contributed by atoms with E-state index in [1.165, 1.54) is 0 Å². The van der Waals surface area contributed by atoms with Crippen LogP contribution in [0.25, 0.3) is 0 Å². The summed E-state index contributed by atoms with van der Waals surface area (Å²) in [4.78, 5) is 6.44. The molecule has 0 bridgehead atoms. The number of hydrogen-bond acceptors (Lipinski definition) is 5. The molecule has 0 aliphatic rings. The van der Waals surface area contributed by atoms with Crippen LogP contribution in [0.1, 0.15) is 17.9 Å². The van der Waals surface area contributed by atoms with Gasteiger partial charge in [-0.3, -0.25) is 10.3 Å². The van der Waals surface area contributed by atoms with Crippen molar-refractivity contribution >= 4 is 17.7 Å². The summed E-state index contributed by atoms with van der Waals surface area (Å²) in [5.74, 6) is 6.55. The third-order valence-corrected chi connectivity index (χ3v) is 3.99. The molecule has 1 aromatic rings. The molecule has 0 aliphatic heterocycles. The van der Waals surface area contributed by atoms with Crippen molar-refractivity contribution in [2.75, 3.05) is 39.5 Å². The zero-order valence-electron chi connectivity index (χ0n) is 14.3. The second-order valence-corrected chi connectivity index (χ2v) is 6.46. The van der Waals surface area contributed by atoms with Crippen LogP contribution in [0.4, 0.5) is 0 Å². The highest BCUT2D eigenvalue weighted by Crippen LogP contribution is 2.16. The van der Waals surface area contributed by atoms with E-state index in [0.717, 1.165) is 42.4 Å². The van der Waals surface area contributed by atoms with Crippen molar-refractivity contribution in [3.05, 3.63) is 23.7 Å². The SMILES string of the molecule is C#CCN/C(=N/CCSCc1ccc(CCCN(C)C)o1)NC#N. The number of nitrogens with one attached hydrogen (secondary N) is 2. The molecule has 24 heavy (non-hydrogen) atoms. The van der Waals surface area contributed by atoms with Crippen molar-refractivity contribution in [1.82, 2.24) is 15.5 Å². The van der Waals surface area contributed by atoms with E-state index in [0.29, 0.717) is 19.0 Å². The Morgan fingerprint density at radius 3 is 2.92 bits per heavy atom. The third-order valence-electron chi connectivity index (χ3n) is 3.03. The van der Waals surface area contributed by atoms with E-state index in [9.17, 15) is 0 Å². The number of furan rings is 1. The zero-order valence-corrected chi connectivity index (χ0v) is 15.2. The summed E-state index contributed by atoms with van der Waals surface area (Å²) in [6, 6.07) is 4.10. The molecule has 0 spiro atoms. The maximum absolute atomic E-state index is 8.63. The monoisotopic (exact) mass is 347 g/mol. The Labute approximate surface area is 148 Å². The van der Waals surface area contributed by atoms with Crippen LogP contribution in [-0.4, -0.2) is 50.3 Å². The van der Waals surface area contributed by atoms with Gasteiger partial charge < -0.3 is 14.6 Å². The summed E-state index contributed by atoms with van der Waals surface area (Å²) in [7, 11) is 4.15. The number of nitrogens with zero attached hydrogens (tertiary/aromatic N) is 3. The molecule has 2 N–H and O–H groups in total. The topological polar surface area (TPSA) is 76.6 Å². The van der Waals surface area contributed by atoms with Gasteiger partial charge in [0.15, 0.2) is 6.19 Å². The molecule has 0 amide bonds. The molecule has 0 aromatic carbocycles. The van der Waals surface area contributed by atoms with E-state index in [2.05, 4.69) is 46.6 Å². The highest BCUT2D eigenvalue weighted by atomic mass is 32.2. The van der Waals surface area contributed by atoms with Gasteiger partial charge in [0.25, 0.3) is 0 Å². The molecule has 0 radical (unpaired) electrons. The summed E-state index contributed by atoms with van der Waals surface area (Å²) in [6.07, 6.45) is 9.07. The van der Waals surface area contributed by atoms with Crippen LogP contribution in [-0.2, 0) is 12.2 Å². The zero-order chi connectivity index (χ0) is 17.6. The van der Waals surface area contributed by atoms with Crippen molar-refractivity contribution in [2.45, 2.75) is 18.6 Å². The number of aryl methyl sites for hydroxylation is 1. The minimum Gasteiger partial charge on any atom is -0.465 e. The molecule has 6 nitrogen and oxygen atoms in total. The van der Waals surface area contributed by atoms with Crippen LogP contribution >= 0.6 is 11.8 Å². The average Bonchev–Trinajstić information content (AvgIpc) is 2.99. The van der Waals surface area contributed by atoms with Crippen LogP contribution in [0.2, 0.25) is 0 Å². The van der Waals surface area contributed by atoms with E-state index in [1.807, 2.05) is 12.3 Å². The molecule has 1 heterocycles. The van der Waals surface area contributed by atoms with Gasteiger partial charge in [-0.25, -0.2) is 0 Å². The summed E-state index contributed by atoms with van der Waals surface area (Å²) >= 11 is 1.74. The minimum absolute atomic E-state index is 0.337. The summed E-state index contributed by atoms with van der Waals surface area (Å²) in [5, 5.41) is 14.0. The molecule has 0 atom stereocenters. The van der Waals surface area contributed by atoms with Crippen molar-refractivity contribution < 1.29 is 4.42 Å². The molecular weight excluding hydrogens is 322 g/mol. The second kappa shape index (κ2) is 12.3. The maximum Gasteiger partial charge on any atom is 0.205 e. The molecule has 130 valence electrons. The van der Waals surface area contributed by atoms with E-state index >= 15 is 0 Å². The normalized spacial score (nSPS) is 11.1. The van der Waals surface area contributed by atoms with E-state index in [-0.39, 0.29) is 0 Å². The van der Waals surface area contributed by atoms with Gasteiger partial charge >= 0.3 is 0 Å². The minimum atomic E-state index is 0.337. The van der Waals surface area contributed by atoms with Gasteiger partial charge in [0.05, 0.1) is 18.8 Å². The van der Waals surface area contributed by atoms with Crippen molar-refractivity contribution in [3.63, 3.8) is 0 Å². The first-order valence-corrected chi connectivity index (χ1v) is 8.98. The number of aliphatic imine (C=N–C) groups is 1. The highest BCUT2D eigenvalue weighted by Gasteiger charge is 2.03. The van der Waals surface area contributed by atoms with Crippen LogP contribution in [0.15, 0.2) is 21.5 Å². The molecule has 0 unspecified atom stereocenters. The number of hydrogen-bond donors (Lipinski definition) is 2.